The van der Waals surface area contributed by atoms with Gasteiger partial charge in [-0.3, -0.25) is 9.79 Å². The van der Waals surface area contributed by atoms with Gasteiger partial charge >= 0.3 is 0 Å². The van der Waals surface area contributed by atoms with Gasteiger partial charge < -0.3 is 24.9 Å². The van der Waals surface area contributed by atoms with Crippen LogP contribution in [0.15, 0.2) is 4.99 Å². The van der Waals surface area contributed by atoms with Crippen LogP contribution in [0.5, 0.6) is 0 Å². The van der Waals surface area contributed by atoms with Crippen LogP contribution in [0.1, 0.15) is 40.5 Å². The third kappa shape index (κ3) is 8.93. The first kappa shape index (κ1) is 23.7. The molecule has 0 aromatic carbocycles. The Bertz CT molecular complexity index is 430. The third-order valence-electron chi connectivity index (χ3n) is 5.24. The number of likely N-dealkylation sites (N-methyl/N-ethyl adjacent to an activating group) is 3. The zero-order valence-corrected chi connectivity index (χ0v) is 18.3. The highest BCUT2D eigenvalue weighted by atomic mass is 16.2. The van der Waals surface area contributed by atoms with E-state index in [0.717, 1.165) is 38.6 Å². The molecule has 0 aromatic rings. The Morgan fingerprint density at radius 1 is 1.00 bits per heavy atom. The van der Waals surface area contributed by atoms with Crippen LogP contribution >= 0.6 is 0 Å². The Hall–Kier alpha value is -1.34. The lowest BCUT2D eigenvalue weighted by atomic mass is 10.2. The van der Waals surface area contributed by atoms with Gasteiger partial charge in [-0.2, -0.15) is 0 Å². The first-order valence-corrected chi connectivity index (χ1v) is 10.8. The Morgan fingerprint density at radius 3 is 2.19 bits per heavy atom. The molecule has 7 heteroatoms. The fraction of sp³-hybridized carbons (Fsp3) is 0.900. The molecule has 1 saturated heterocycles. The van der Waals surface area contributed by atoms with E-state index in [1.54, 1.807) is 0 Å². The molecule has 158 valence electrons. The second-order valence-electron chi connectivity index (χ2n) is 7.14. The topological polar surface area (TPSA) is 54.4 Å². The van der Waals surface area contributed by atoms with Crippen molar-refractivity contribution in [1.82, 2.24) is 24.9 Å². The average Bonchev–Trinajstić information content (AvgIpc) is 2.68. The first-order chi connectivity index (χ1) is 13.0. The van der Waals surface area contributed by atoms with Gasteiger partial charge in [0.15, 0.2) is 5.96 Å². The molecule has 7 nitrogen and oxygen atoms in total. The van der Waals surface area contributed by atoms with Crippen molar-refractivity contribution in [2.45, 2.75) is 40.5 Å². The highest BCUT2D eigenvalue weighted by Crippen LogP contribution is 2.03. The van der Waals surface area contributed by atoms with Crippen LogP contribution in [0, 0.1) is 0 Å². The second kappa shape index (κ2) is 13.8. The van der Waals surface area contributed by atoms with E-state index in [1.165, 1.54) is 45.7 Å². The van der Waals surface area contributed by atoms with E-state index in [1.807, 2.05) is 30.7 Å². The van der Waals surface area contributed by atoms with E-state index in [-0.39, 0.29) is 5.91 Å². The molecule has 1 N–H and O–H groups in total. The number of unbranched alkanes of at least 4 members (excludes halogenated alkanes) is 1. The summed E-state index contributed by atoms with van der Waals surface area (Å²) < 4.78 is 0. The summed E-state index contributed by atoms with van der Waals surface area (Å²) in [6.45, 7) is 18.9. The zero-order valence-electron chi connectivity index (χ0n) is 18.3. The minimum Gasteiger partial charge on any atom is -0.357 e. The van der Waals surface area contributed by atoms with Gasteiger partial charge in [0.25, 0.3) is 0 Å². The van der Waals surface area contributed by atoms with Crippen LogP contribution in [0.2, 0.25) is 0 Å². The second-order valence-corrected chi connectivity index (χ2v) is 7.14. The molecule has 0 aromatic heterocycles. The van der Waals surface area contributed by atoms with Crippen LogP contribution < -0.4 is 5.32 Å². The number of piperazine rings is 1. The van der Waals surface area contributed by atoms with Gasteiger partial charge in [-0.05, 0) is 46.7 Å². The van der Waals surface area contributed by atoms with Crippen molar-refractivity contribution in [1.29, 1.82) is 0 Å². The number of nitrogens with zero attached hydrogens (tertiary/aromatic N) is 5. The van der Waals surface area contributed by atoms with Crippen LogP contribution in [0.4, 0.5) is 0 Å². The van der Waals surface area contributed by atoms with E-state index in [9.17, 15) is 4.79 Å². The molecule has 1 fully saturated rings. The van der Waals surface area contributed by atoms with Gasteiger partial charge in [-0.25, -0.2) is 0 Å². The molecule has 1 amide bonds. The van der Waals surface area contributed by atoms with Crippen molar-refractivity contribution in [2.24, 2.45) is 4.99 Å². The molecule has 0 radical (unpaired) electrons. The fourth-order valence-corrected chi connectivity index (χ4v) is 3.39. The molecule has 1 heterocycles. The molecular formula is C20H42N6O. The molecule has 27 heavy (non-hydrogen) atoms. The number of carbonyl (C=O) groups excluding carboxylic acids is 1. The minimum absolute atomic E-state index is 0.152. The van der Waals surface area contributed by atoms with Gasteiger partial charge in [0, 0.05) is 59.4 Å². The number of hydrogen-bond donors (Lipinski definition) is 1. The minimum atomic E-state index is 0.152. The van der Waals surface area contributed by atoms with E-state index < -0.39 is 0 Å². The Kier molecular flexibility index (Phi) is 12.1. The summed E-state index contributed by atoms with van der Waals surface area (Å²) in [4.78, 5) is 25.9. The highest BCUT2D eigenvalue weighted by Gasteiger charge is 2.16. The van der Waals surface area contributed by atoms with E-state index in [0.29, 0.717) is 6.54 Å². The smallest absolute Gasteiger partial charge is 0.242 e. The van der Waals surface area contributed by atoms with Crippen molar-refractivity contribution in [2.75, 3.05) is 79.0 Å². The summed E-state index contributed by atoms with van der Waals surface area (Å²) in [5, 5.41) is 3.30. The number of rotatable bonds is 11. The molecule has 0 spiro atoms. The number of amides is 1. The molecule has 0 aliphatic carbocycles. The van der Waals surface area contributed by atoms with Crippen LogP contribution in [0.3, 0.4) is 0 Å². The SMILES string of the molecule is CCNC(=NCCCCN1CCN(CC)CC1)N(C)CC(=O)N(CC)CC. The largest absolute Gasteiger partial charge is 0.357 e. The Balaban J connectivity index is 2.34. The van der Waals surface area contributed by atoms with Crippen molar-refractivity contribution in [3.63, 3.8) is 0 Å². The van der Waals surface area contributed by atoms with Crippen molar-refractivity contribution in [3.8, 4) is 0 Å². The number of nitrogens with one attached hydrogen (secondary N) is 1. The lowest BCUT2D eigenvalue weighted by molar-refractivity contribution is -0.131. The molecule has 0 unspecified atom stereocenters. The van der Waals surface area contributed by atoms with Crippen molar-refractivity contribution in [3.05, 3.63) is 0 Å². The molecule has 0 bridgehead atoms. The third-order valence-corrected chi connectivity index (χ3v) is 5.24. The van der Waals surface area contributed by atoms with Crippen molar-refractivity contribution < 1.29 is 4.79 Å². The van der Waals surface area contributed by atoms with Gasteiger partial charge in [0.1, 0.15) is 0 Å². The van der Waals surface area contributed by atoms with E-state index in [4.69, 9.17) is 4.99 Å². The molecule has 0 atom stereocenters. The van der Waals surface area contributed by atoms with E-state index in [2.05, 4.69) is 29.0 Å². The molecular weight excluding hydrogens is 340 g/mol. The summed E-state index contributed by atoms with van der Waals surface area (Å²) >= 11 is 0. The van der Waals surface area contributed by atoms with Gasteiger partial charge in [-0.1, -0.05) is 6.92 Å². The number of guanidine groups is 1. The number of carbonyl (C=O) groups is 1. The standard InChI is InChI=1S/C20H42N6O/c1-6-21-20(23(5)18-19(27)26(8-3)9-4)22-12-10-11-13-25-16-14-24(7-2)15-17-25/h6-18H2,1-5H3,(H,21,22). The van der Waals surface area contributed by atoms with Crippen LogP contribution in [0.25, 0.3) is 0 Å². The normalized spacial score (nSPS) is 16.4. The van der Waals surface area contributed by atoms with Crippen LogP contribution in [-0.2, 0) is 4.79 Å². The monoisotopic (exact) mass is 382 g/mol. The maximum absolute atomic E-state index is 12.3. The first-order valence-electron chi connectivity index (χ1n) is 10.8. The molecule has 1 aliphatic rings. The van der Waals surface area contributed by atoms with Crippen LogP contribution in [-0.4, -0.2) is 111 Å². The summed E-state index contributed by atoms with van der Waals surface area (Å²) in [5.41, 5.74) is 0. The Labute approximate surface area is 166 Å². The van der Waals surface area contributed by atoms with Gasteiger partial charge in [0.05, 0.1) is 6.54 Å². The maximum Gasteiger partial charge on any atom is 0.242 e. The predicted octanol–water partition coefficient (Wildman–Crippen LogP) is 1.17. The summed E-state index contributed by atoms with van der Waals surface area (Å²) in [6.07, 6.45) is 2.26. The quantitative estimate of drug-likeness (QED) is 0.330. The molecule has 1 rings (SSSR count). The van der Waals surface area contributed by atoms with Gasteiger partial charge in [-0.15, -0.1) is 0 Å². The molecule has 0 saturated carbocycles. The van der Waals surface area contributed by atoms with Gasteiger partial charge in [0.2, 0.25) is 5.91 Å². The maximum atomic E-state index is 12.3. The predicted molar refractivity (Wildman–Crippen MR) is 114 cm³/mol. The van der Waals surface area contributed by atoms with E-state index >= 15 is 0 Å². The number of hydrogen-bond acceptors (Lipinski definition) is 4. The highest BCUT2D eigenvalue weighted by molar-refractivity contribution is 5.86. The number of aliphatic imine (C=N–C) groups is 1. The van der Waals surface area contributed by atoms with Crippen molar-refractivity contribution >= 4 is 11.9 Å². The Morgan fingerprint density at radius 2 is 1.63 bits per heavy atom. The molecule has 1 aliphatic heterocycles. The lowest BCUT2D eigenvalue weighted by Crippen LogP contribution is -2.46. The summed E-state index contributed by atoms with van der Waals surface area (Å²) in [7, 11) is 1.94. The fourth-order valence-electron chi connectivity index (χ4n) is 3.39. The zero-order chi connectivity index (χ0) is 20.1. The lowest BCUT2D eigenvalue weighted by Gasteiger charge is -2.33. The summed E-state index contributed by atoms with van der Waals surface area (Å²) in [6, 6.07) is 0. The average molecular weight is 383 g/mol. The summed E-state index contributed by atoms with van der Waals surface area (Å²) in [5.74, 6) is 0.980.